The highest BCUT2D eigenvalue weighted by Gasteiger charge is 2.43. The summed E-state index contributed by atoms with van der Waals surface area (Å²) in [5, 5.41) is 27.9. The maximum absolute atomic E-state index is 14.5. The number of nitrogens with one attached hydrogen (secondary N) is 1. The van der Waals surface area contributed by atoms with Crippen LogP contribution in [0.5, 0.6) is 0 Å². The Balaban J connectivity index is 1.86. The molecule has 1 aliphatic rings. The minimum atomic E-state index is -3.61. The fourth-order valence-corrected chi connectivity index (χ4v) is 6.01. The van der Waals surface area contributed by atoms with E-state index in [0.29, 0.717) is 33.9 Å². The lowest BCUT2D eigenvalue weighted by molar-refractivity contribution is -0.384. The molecule has 1 atom stereocenters. The number of rotatable bonds is 6. The zero-order valence-electron chi connectivity index (χ0n) is 17.8. The van der Waals surface area contributed by atoms with Crippen LogP contribution in [0.4, 0.5) is 21.6 Å². The molecule has 2 heterocycles. The molecule has 0 amide bonds. The van der Waals surface area contributed by atoms with E-state index in [9.17, 15) is 19.1 Å². The molecular weight excluding hydrogens is 448 g/mol. The normalized spacial score (nSPS) is 17.2. The van der Waals surface area contributed by atoms with E-state index >= 15 is 0 Å². The number of anilines is 1. The van der Waals surface area contributed by atoms with Crippen LogP contribution in [0, 0.1) is 34.2 Å². The molecule has 1 aromatic heterocycles. The number of aromatic nitrogens is 2. The average molecular weight is 467 g/mol. The number of non-ortho nitro benzene ring substituents is 1. The fraction of sp³-hybridized carbons (Fsp3) is 0.190. The van der Waals surface area contributed by atoms with Crippen molar-refractivity contribution in [2.45, 2.75) is 19.9 Å². The maximum Gasteiger partial charge on any atom is 0.296 e. The van der Waals surface area contributed by atoms with E-state index in [2.05, 4.69) is 21.2 Å². The summed E-state index contributed by atoms with van der Waals surface area (Å²) in [7, 11) is -2.01. The molecule has 0 saturated carbocycles. The van der Waals surface area contributed by atoms with Gasteiger partial charge < -0.3 is 5.09 Å². The highest BCUT2D eigenvalue weighted by atomic mass is 31.2. The van der Waals surface area contributed by atoms with Crippen molar-refractivity contribution in [1.82, 2.24) is 14.5 Å². The third-order valence-electron chi connectivity index (χ3n) is 5.21. The van der Waals surface area contributed by atoms with Gasteiger partial charge in [-0.2, -0.15) is 10.4 Å². The molecule has 0 fully saturated rings. The minimum absolute atomic E-state index is 0.0920. The Bertz CT molecular complexity index is 1340. The van der Waals surface area contributed by atoms with Gasteiger partial charge >= 0.3 is 0 Å². The van der Waals surface area contributed by atoms with Gasteiger partial charge in [-0.05, 0) is 43.3 Å². The Morgan fingerprint density at radius 1 is 1.21 bits per heavy atom. The van der Waals surface area contributed by atoms with E-state index < -0.39 is 18.2 Å². The van der Waals surface area contributed by atoms with Gasteiger partial charge in [0.25, 0.3) is 13.1 Å². The van der Waals surface area contributed by atoms with Crippen molar-refractivity contribution in [2.24, 2.45) is 4.99 Å². The number of aliphatic imine (C=N–C) groups is 1. The van der Waals surface area contributed by atoms with Crippen molar-refractivity contribution >= 4 is 35.8 Å². The van der Waals surface area contributed by atoms with E-state index in [4.69, 9.17) is 5.26 Å². The lowest BCUT2D eigenvalue weighted by Crippen LogP contribution is -2.36. The average Bonchev–Trinajstić information content (AvgIpc) is 3.11. The Labute approximate surface area is 188 Å². The van der Waals surface area contributed by atoms with Crippen molar-refractivity contribution < 1.29 is 13.9 Å². The lowest BCUT2D eigenvalue weighted by Gasteiger charge is -2.35. The van der Waals surface area contributed by atoms with E-state index in [-0.39, 0.29) is 18.7 Å². The van der Waals surface area contributed by atoms with Crippen LogP contribution in [0.3, 0.4) is 0 Å². The second kappa shape index (κ2) is 8.48. The van der Waals surface area contributed by atoms with Crippen LogP contribution in [0.1, 0.15) is 17.7 Å². The summed E-state index contributed by atoms with van der Waals surface area (Å²) < 4.78 is 31.1. The number of benzene rings is 2. The number of nitriles is 1. The predicted octanol–water partition coefficient (Wildman–Crippen LogP) is 4.11. The van der Waals surface area contributed by atoms with Crippen LogP contribution in [-0.2, 0) is 11.1 Å². The van der Waals surface area contributed by atoms with Crippen molar-refractivity contribution in [2.75, 3.05) is 12.1 Å². The van der Waals surface area contributed by atoms with Crippen molar-refractivity contribution in [3.8, 4) is 6.07 Å². The summed E-state index contributed by atoms with van der Waals surface area (Å²) in [6.45, 7) is 1.96. The molecule has 33 heavy (non-hydrogen) atoms. The van der Waals surface area contributed by atoms with Gasteiger partial charge in [0, 0.05) is 30.4 Å². The van der Waals surface area contributed by atoms with E-state index in [1.807, 2.05) is 0 Å². The fourth-order valence-electron chi connectivity index (χ4n) is 3.61. The Morgan fingerprint density at radius 2 is 1.88 bits per heavy atom. The maximum atomic E-state index is 14.5. The second-order valence-corrected chi connectivity index (χ2v) is 9.77. The molecule has 2 aromatic carbocycles. The Hall–Kier alpha value is -4.03. The molecule has 1 N–H and O–H groups in total. The summed E-state index contributed by atoms with van der Waals surface area (Å²) in [5.74, 6) is 0.261. The molecule has 0 saturated heterocycles. The molecule has 0 bridgehead atoms. The number of hydrogen-bond acceptors (Lipinski definition) is 6. The summed E-state index contributed by atoms with van der Waals surface area (Å²) in [6, 6.07) is 13.3. The van der Waals surface area contributed by atoms with Gasteiger partial charge in [0.05, 0.1) is 29.7 Å². The molecule has 0 aliphatic carbocycles. The van der Waals surface area contributed by atoms with Crippen LogP contribution >= 0.6 is 7.44 Å². The number of hydrogen-bond donors (Lipinski definition) is 1. The first-order valence-electron chi connectivity index (χ1n) is 9.91. The van der Waals surface area contributed by atoms with Crippen LogP contribution < -0.4 is 10.4 Å². The molecule has 1 aliphatic heterocycles. The van der Waals surface area contributed by atoms with Crippen LogP contribution in [0.2, 0.25) is 0 Å². The van der Waals surface area contributed by atoms with Gasteiger partial charge in [0.2, 0.25) is 0 Å². The van der Waals surface area contributed by atoms with Gasteiger partial charge in [-0.3, -0.25) is 19.3 Å². The number of nitrogens with zero attached hydrogens (tertiary/aromatic N) is 6. The van der Waals surface area contributed by atoms with E-state index in [1.165, 1.54) is 57.9 Å². The molecule has 4 rings (SSSR count). The number of amidine groups is 1. The monoisotopic (exact) mass is 467 g/mol. The SMILES string of the molecule is Cc1nn(CCC#N)c2c1[P@](=O)(Nc1ccc([N+](=O)[O-])cc1)N(C)C(c1ccc(F)cc1)=N2. The smallest absolute Gasteiger partial charge is 0.296 e. The highest BCUT2D eigenvalue weighted by molar-refractivity contribution is 7.72. The first kappa shape index (κ1) is 22.2. The Kier molecular flexibility index (Phi) is 5.70. The van der Waals surface area contributed by atoms with Gasteiger partial charge in [-0.1, -0.05) is 0 Å². The molecule has 10 nitrogen and oxygen atoms in total. The number of nitro groups is 1. The minimum Gasteiger partial charge on any atom is -0.317 e. The third-order valence-corrected chi connectivity index (χ3v) is 7.94. The molecule has 0 radical (unpaired) electrons. The van der Waals surface area contributed by atoms with Crippen LogP contribution in [-0.4, -0.2) is 32.3 Å². The first-order chi connectivity index (χ1) is 15.7. The van der Waals surface area contributed by atoms with Gasteiger partial charge in [0.1, 0.15) is 17.0 Å². The van der Waals surface area contributed by atoms with E-state index in [1.54, 1.807) is 14.0 Å². The van der Waals surface area contributed by atoms with Gasteiger partial charge in [-0.15, -0.1) is 0 Å². The summed E-state index contributed by atoms with van der Waals surface area (Å²) in [4.78, 5) is 15.2. The van der Waals surface area contributed by atoms with Gasteiger partial charge in [0.15, 0.2) is 5.82 Å². The molecule has 168 valence electrons. The lowest BCUT2D eigenvalue weighted by atomic mass is 10.2. The first-order valence-corrected chi connectivity index (χ1v) is 11.6. The predicted molar refractivity (Wildman–Crippen MR) is 122 cm³/mol. The quantitative estimate of drug-likeness (QED) is 0.328. The van der Waals surface area contributed by atoms with Crippen molar-refractivity contribution in [3.63, 3.8) is 0 Å². The number of nitro benzene ring substituents is 1. The number of fused-ring (bicyclic) bond motifs is 1. The van der Waals surface area contributed by atoms with Crippen LogP contribution in [0.25, 0.3) is 0 Å². The van der Waals surface area contributed by atoms with Crippen molar-refractivity contribution in [3.05, 3.63) is 75.7 Å². The van der Waals surface area contributed by atoms with Crippen molar-refractivity contribution in [1.29, 1.82) is 5.26 Å². The third kappa shape index (κ3) is 3.97. The zero-order valence-corrected chi connectivity index (χ0v) is 18.7. The standard InChI is InChI=1S/C21H19FN7O3P/c1-14-19-21(28(25-14)13-3-12-23)24-20(15-4-6-16(22)7-5-15)27(2)33(19,32)26-17-8-10-18(11-9-17)29(30)31/h4-11H,3,13H2,1-2H3,(H,26,32)/t33-/m0/s1. The summed E-state index contributed by atoms with van der Waals surface area (Å²) >= 11 is 0. The molecular formula is C21H19FN7O3P. The number of halogens is 1. The summed E-state index contributed by atoms with van der Waals surface area (Å²) in [5.41, 5.74) is 1.34. The summed E-state index contributed by atoms with van der Waals surface area (Å²) in [6.07, 6.45) is 0.185. The van der Waals surface area contributed by atoms with Gasteiger partial charge in [-0.25, -0.2) is 14.1 Å². The molecule has 3 aromatic rings. The topological polar surface area (TPSA) is 129 Å². The molecule has 0 spiro atoms. The second-order valence-electron chi connectivity index (χ2n) is 7.35. The van der Waals surface area contributed by atoms with E-state index in [0.717, 1.165) is 0 Å². The highest BCUT2D eigenvalue weighted by Crippen LogP contribution is 2.53. The van der Waals surface area contributed by atoms with Crippen LogP contribution in [0.15, 0.2) is 53.5 Å². The number of aryl methyl sites for hydroxylation is 2. The molecule has 12 heteroatoms. The zero-order chi connectivity index (χ0) is 23.8. The Morgan fingerprint density at radius 3 is 2.48 bits per heavy atom. The largest absolute Gasteiger partial charge is 0.317 e. The molecule has 0 unspecified atom stereocenters.